The zero-order chi connectivity index (χ0) is 26.1. The maximum atomic E-state index is 13.3. The van der Waals surface area contributed by atoms with E-state index in [1.165, 1.54) is 4.68 Å². The van der Waals surface area contributed by atoms with Gasteiger partial charge in [0.2, 0.25) is 0 Å². The van der Waals surface area contributed by atoms with Gasteiger partial charge in [-0.05, 0) is 81.6 Å². The Labute approximate surface area is 214 Å². The number of nitrogens with zero attached hydrogens (tertiary/aromatic N) is 1. The molecule has 0 aliphatic rings. The summed E-state index contributed by atoms with van der Waals surface area (Å²) < 4.78 is 1.31. The number of fused-ring (bicyclic) bond motifs is 1. The number of halogens is 1. The fourth-order valence-electron chi connectivity index (χ4n) is 4.31. The first-order valence-corrected chi connectivity index (χ1v) is 11.8. The maximum absolute atomic E-state index is 13.3. The second-order valence-corrected chi connectivity index (χ2v) is 9.45. The van der Waals surface area contributed by atoms with Crippen LogP contribution < -0.4 is 16.1 Å². The summed E-state index contributed by atoms with van der Waals surface area (Å²) in [4.78, 5) is 39.0. The molecule has 4 rings (SSSR count). The fraction of sp³-hybridized carbons (Fsp3) is 0.179. The molecule has 0 spiro atoms. The lowest BCUT2D eigenvalue weighted by molar-refractivity contribution is -0.133. The van der Waals surface area contributed by atoms with E-state index in [9.17, 15) is 14.4 Å². The predicted octanol–water partition coefficient (Wildman–Crippen LogP) is 5.80. The number of nitrogens with one attached hydrogen (secondary N) is 3. The second kappa shape index (κ2) is 9.87. The third-order valence-corrected chi connectivity index (χ3v) is 6.20. The molecule has 7 nitrogen and oxygen atoms in total. The van der Waals surface area contributed by atoms with Gasteiger partial charge in [-0.2, -0.15) is 0 Å². The minimum absolute atomic E-state index is 0.149. The van der Waals surface area contributed by atoms with Gasteiger partial charge in [-0.3, -0.25) is 19.8 Å². The summed E-state index contributed by atoms with van der Waals surface area (Å²) in [6.07, 6.45) is 0. The topological polar surface area (TPSA) is 92.2 Å². The highest BCUT2D eigenvalue weighted by Crippen LogP contribution is 2.25. The Balaban J connectivity index is 1.65. The molecule has 0 fully saturated rings. The van der Waals surface area contributed by atoms with Crippen molar-refractivity contribution in [2.24, 2.45) is 0 Å². The third kappa shape index (κ3) is 5.11. The van der Waals surface area contributed by atoms with E-state index in [1.807, 2.05) is 65.0 Å². The van der Waals surface area contributed by atoms with Gasteiger partial charge in [0.15, 0.2) is 0 Å². The molecule has 0 aliphatic heterocycles. The minimum Gasteiger partial charge on any atom is -0.320 e. The highest BCUT2D eigenvalue weighted by atomic mass is 35.5. The smallest absolute Gasteiger partial charge is 0.320 e. The zero-order valence-corrected chi connectivity index (χ0v) is 21.5. The van der Waals surface area contributed by atoms with Crippen LogP contribution in [0.15, 0.2) is 54.6 Å². The minimum atomic E-state index is -0.914. The van der Waals surface area contributed by atoms with Crippen LogP contribution in [0.5, 0.6) is 0 Å². The molecule has 0 unspecified atom stereocenters. The molecule has 3 aromatic carbocycles. The van der Waals surface area contributed by atoms with E-state index in [0.29, 0.717) is 27.3 Å². The first-order chi connectivity index (χ1) is 17.0. The van der Waals surface area contributed by atoms with Crippen molar-refractivity contribution in [3.8, 4) is 0 Å². The van der Waals surface area contributed by atoms with Crippen molar-refractivity contribution in [1.82, 2.24) is 4.68 Å². The van der Waals surface area contributed by atoms with Gasteiger partial charge in [0.1, 0.15) is 5.69 Å². The highest BCUT2D eigenvalue weighted by molar-refractivity contribution is 6.42. The number of aryl methyl sites for hydroxylation is 5. The summed E-state index contributed by atoms with van der Waals surface area (Å²) in [6.45, 7) is 9.57. The Morgan fingerprint density at radius 1 is 0.722 bits per heavy atom. The molecule has 0 radical (unpaired) electrons. The summed E-state index contributed by atoms with van der Waals surface area (Å²) >= 11 is 6.15. The number of carbonyl (C=O) groups is 3. The van der Waals surface area contributed by atoms with Crippen molar-refractivity contribution >= 4 is 51.6 Å². The lowest BCUT2D eigenvalue weighted by Crippen LogP contribution is -2.36. The van der Waals surface area contributed by atoms with Gasteiger partial charge >= 0.3 is 11.8 Å². The van der Waals surface area contributed by atoms with E-state index in [0.717, 1.165) is 27.8 Å². The van der Waals surface area contributed by atoms with Crippen LogP contribution in [0.3, 0.4) is 0 Å². The first-order valence-electron chi connectivity index (χ1n) is 11.4. The van der Waals surface area contributed by atoms with Gasteiger partial charge in [-0.15, -0.1) is 0 Å². The SMILES string of the molecule is Cc1ccc(NC(=O)c2cc3cc(Cl)ccc3n2NC(=O)C(=O)Nc2c(C)cc(C)cc2C)c(C)c1. The van der Waals surface area contributed by atoms with Crippen LogP contribution in [0.25, 0.3) is 10.9 Å². The standard InChI is InChI=1S/C28H27ClN4O3/c1-15-6-8-22(17(3)10-15)30-26(34)24-14-20-13-21(29)7-9-23(20)33(24)32-28(36)27(35)31-25-18(4)11-16(2)12-19(25)5/h6-14H,1-5H3,(H,30,34)(H,31,35)(H,32,36). The molecule has 184 valence electrons. The van der Waals surface area contributed by atoms with Crippen LogP contribution in [-0.2, 0) is 9.59 Å². The molecule has 8 heteroatoms. The Morgan fingerprint density at radius 3 is 2.06 bits per heavy atom. The first kappa shape index (κ1) is 25.0. The summed E-state index contributed by atoms with van der Waals surface area (Å²) in [7, 11) is 0. The lowest BCUT2D eigenvalue weighted by Gasteiger charge is -2.15. The molecule has 3 amide bonds. The summed E-state index contributed by atoms with van der Waals surface area (Å²) in [5, 5.41) is 6.70. The summed E-state index contributed by atoms with van der Waals surface area (Å²) in [6, 6.07) is 16.2. The molecular formula is C28H27ClN4O3. The van der Waals surface area contributed by atoms with Crippen molar-refractivity contribution in [3.05, 3.63) is 93.1 Å². The van der Waals surface area contributed by atoms with E-state index in [4.69, 9.17) is 11.6 Å². The number of aromatic nitrogens is 1. The van der Waals surface area contributed by atoms with Gasteiger partial charge in [0.05, 0.1) is 5.52 Å². The molecule has 1 heterocycles. The number of anilines is 2. The summed E-state index contributed by atoms with van der Waals surface area (Å²) in [5.41, 5.74) is 9.22. The number of carbonyl (C=O) groups excluding carboxylic acids is 3. The van der Waals surface area contributed by atoms with Crippen LogP contribution in [0.2, 0.25) is 5.02 Å². The van der Waals surface area contributed by atoms with Crippen LogP contribution in [0.1, 0.15) is 38.3 Å². The largest absolute Gasteiger partial charge is 0.328 e. The van der Waals surface area contributed by atoms with Gasteiger partial charge in [0.25, 0.3) is 5.91 Å². The van der Waals surface area contributed by atoms with Crippen molar-refractivity contribution in [3.63, 3.8) is 0 Å². The molecule has 3 N–H and O–H groups in total. The van der Waals surface area contributed by atoms with Gasteiger partial charge in [-0.1, -0.05) is 47.0 Å². The molecule has 0 saturated carbocycles. The summed E-state index contributed by atoms with van der Waals surface area (Å²) in [5.74, 6) is -2.20. The van der Waals surface area contributed by atoms with E-state index in [2.05, 4.69) is 16.1 Å². The number of rotatable bonds is 4. The molecule has 4 aromatic rings. The monoisotopic (exact) mass is 502 g/mol. The van der Waals surface area contributed by atoms with Crippen LogP contribution in [0, 0.1) is 34.6 Å². The van der Waals surface area contributed by atoms with Gasteiger partial charge in [-0.25, -0.2) is 4.68 Å². The maximum Gasteiger partial charge on any atom is 0.328 e. The van der Waals surface area contributed by atoms with E-state index in [-0.39, 0.29) is 5.69 Å². The average Bonchev–Trinajstić information content (AvgIpc) is 3.15. The van der Waals surface area contributed by atoms with Gasteiger partial charge < -0.3 is 10.6 Å². The van der Waals surface area contributed by atoms with Crippen LogP contribution >= 0.6 is 11.6 Å². The molecule has 1 aromatic heterocycles. The molecule has 0 saturated heterocycles. The average molecular weight is 503 g/mol. The zero-order valence-electron chi connectivity index (χ0n) is 20.7. The number of hydrogen-bond acceptors (Lipinski definition) is 3. The van der Waals surface area contributed by atoms with Crippen molar-refractivity contribution in [2.45, 2.75) is 34.6 Å². The van der Waals surface area contributed by atoms with E-state index in [1.54, 1.807) is 24.3 Å². The normalized spacial score (nSPS) is 10.8. The molecule has 36 heavy (non-hydrogen) atoms. The molecule has 0 atom stereocenters. The quantitative estimate of drug-likeness (QED) is 0.308. The Morgan fingerprint density at radius 2 is 1.39 bits per heavy atom. The van der Waals surface area contributed by atoms with Crippen LogP contribution in [-0.4, -0.2) is 22.4 Å². The molecular weight excluding hydrogens is 476 g/mol. The van der Waals surface area contributed by atoms with Crippen molar-refractivity contribution in [2.75, 3.05) is 16.1 Å². The van der Waals surface area contributed by atoms with Crippen LogP contribution in [0.4, 0.5) is 11.4 Å². The third-order valence-electron chi connectivity index (χ3n) is 5.96. The number of hydrogen-bond donors (Lipinski definition) is 3. The Bertz CT molecular complexity index is 1510. The van der Waals surface area contributed by atoms with Crippen molar-refractivity contribution in [1.29, 1.82) is 0 Å². The Hall–Kier alpha value is -4.10. The van der Waals surface area contributed by atoms with E-state index < -0.39 is 17.7 Å². The Kier molecular flexibility index (Phi) is 6.86. The predicted molar refractivity (Wildman–Crippen MR) is 144 cm³/mol. The second-order valence-electron chi connectivity index (χ2n) is 9.01. The highest BCUT2D eigenvalue weighted by Gasteiger charge is 2.22. The number of amides is 3. The molecule has 0 bridgehead atoms. The molecule has 0 aliphatic carbocycles. The lowest BCUT2D eigenvalue weighted by atomic mass is 10.1. The van der Waals surface area contributed by atoms with E-state index >= 15 is 0 Å². The van der Waals surface area contributed by atoms with Crippen molar-refractivity contribution < 1.29 is 14.4 Å². The fourth-order valence-corrected chi connectivity index (χ4v) is 4.49. The number of benzene rings is 3. The van der Waals surface area contributed by atoms with Gasteiger partial charge in [0, 0.05) is 21.8 Å².